The third kappa shape index (κ3) is 3.12. The molecular formula is C11H11BrN4OS. The van der Waals surface area contributed by atoms with E-state index in [1.54, 1.807) is 6.07 Å². The molecule has 0 aliphatic rings. The number of nitrogen functional groups attached to an aromatic ring is 1. The number of anilines is 1. The van der Waals surface area contributed by atoms with E-state index in [4.69, 9.17) is 10.6 Å². The summed E-state index contributed by atoms with van der Waals surface area (Å²) in [4.78, 5) is 8.41. The van der Waals surface area contributed by atoms with Gasteiger partial charge in [0.15, 0.2) is 5.16 Å². The van der Waals surface area contributed by atoms with Gasteiger partial charge < -0.3 is 10.2 Å². The summed E-state index contributed by atoms with van der Waals surface area (Å²) in [6.45, 7) is 0. The Kier molecular flexibility index (Phi) is 4.40. The summed E-state index contributed by atoms with van der Waals surface area (Å²) < 4.78 is 6.55. The highest BCUT2D eigenvalue weighted by atomic mass is 79.9. The molecule has 1 aromatic carbocycles. The first kappa shape index (κ1) is 13.1. The van der Waals surface area contributed by atoms with Crippen LogP contribution in [0.4, 0.5) is 5.82 Å². The topological polar surface area (TPSA) is 73.1 Å². The Morgan fingerprint density at radius 2 is 2.11 bits per heavy atom. The molecule has 0 bridgehead atoms. The summed E-state index contributed by atoms with van der Waals surface area (Å²) >= 11 is 4.83. The van der Waals surface area contributed by atoms with E-state index in [0.29, 0.717) is 22.6 Å². The van der Waals surface area contributed by atoms with Crippen molar-refractivity contribution in [3.8, 4) is 11.6 Å². The molecular weight excluding hydrogens is 316 g/mol. The normalized spacial score (nSPS) is 10.2. The summed E-state index contributed by atoms with van der Waals surface area (Å²) in [6, 6.07) is 9.18. The highest BCUT2D eigenvalue weighted by Crippen LogP contribution is 2.29. The molecule has 7 heteroatoms. The van der Waals surface area contributed by atoms with Gasteiger partial charge in [0.25, 0.3) is 0 Å². The summed E-state index contributed by atoms with van der Waals surface area (Å²) in [7, 11) is 0. The Balaban J connectivity index is 2.31. The van der Waals surface area contributed by atoms with Gasteiger partial charge in [-0.2, -0.15) is 4.98 Å². The van der Waals surface area contributed by atoms with Crippen molar-refractivity contribution in [2.24, 2.45) is 5.84 Å². The van der Waals surface area contributed by atoms with E-state index in [-0.39, 0.29) is 0 Å². The van der Waals surface area contributed by atoms with Crippen molar-refractivity contribution in [1.29, 1.82) is 0 Å². The second-order valence-corrected chi connectivity index (χ2v) is 4.88. The molecule has 2 aromatic rings. The van der Waals surface area contributed by atoms with Gasteiger partial charge in [-0.1, -0.05) is 23.9 Å². The number of benzene rings is 1. The monoisotopic (exact) mass is 326 g/mol. The number of ether oxygens (including phenoxy) is 1. The van der Waals surface area contributed by atoms with Gasteiger partial charge in [0.05, 0.1) is 4.47 Å². The van der Waals surface area contributed by atoms with E-state index >= 15 is 0 Å². The van der Waals surface area contributed by atoms with Crippen LogP contribution in [0.1, 0.15) is 0 Å². The van der Waals surface area contributed by atoms with Crippen molar-refractivity contribution >= 4 is 33.5 Å². The predicted octanol–water partition coefficient (Wildman–Crippen LogP) is 3.04. The summed E-state index contributed by atoms with van der Waals surface area (Å²) in [5.41, 5.74) is 2.49. The van der Waals surface area contributed by atoms with E-state index in [0.717, 1.165) is 4.47 Å². The van der Waals surface area contributed by atoms with Crippen LogP contribution in [-0.4, -0.2) is 16.2 Å². The molecule has 0 atom stereocenters. The number of rotatable bonds is 4. The van der Waals surface area contributed by atoms with Gasteiger partial charge in [-0.15, -0.1) is 0 Å². The molecule has 0 saturated heterocycles. The SMILES string of the molecule is CSc1nc(NN)cc(Oc2ccccc2Br)n1. The minimum atomic E-state index is 0.439. The molecule has 5 nitrogen and oxygen atoms in total. The number of nitrogens with zero attached hydrogens (tertiary/aromatic N) is 2. The van der Waals surface area contributed by atoms with Crippen LogP contribution >= 0.6 is 27.7 Å². The highest BCUT2D eigenvalue weighted by Gasteiger charge is 2.07. The fourth-order valence-electron chi connectivity index (χ4n) is 1.26. The first-order valence-electron chi connectivity index (χ1n) is 5.05. The van der Waals surface area contributed by atoms with E-state index in [2.05, 4.69) is 31.3 Å². The average Bonchev–Trinajstić information content (AvgIpc) is 2.41. The molecule has 0 unspecified atom stereocenters. The van der Waals surface area contributed by atoms with Gasteiger partial charge in [0.2, 0.25) is 5.88 Å². The van der Waals surface area contributed by atoms with Crippen molar-refractivity contribution in [2.75, 3.05) is 11.7 Å². The maximum atomic E-state index is 5.69. The average molecular weight is 327 g/mol. The van der Waals surface area contributed by atoms with Gasteiger partial charge in [-0.25, -0.2) is 10.8 Å². The van der Waals surface area contributed by atoms with E-state index in [1.807, 2.05) is 30.5 Å². The molecule has 0 saturated carbocycles. The van der Waals surface area contributed by atoms with Crippen LogP contribution in [0.5, 0.6) is 11.6 Å². The lowest BCUT2D eigenvalue weighted by Gasteiger charge is -2.08. The van der Waals surface area contributed by atoms with Crippen molar-refractivity contribution in [1.82, 2.24) is 9.97 Å². The number of para-hydroxylation sites is 1. The smallest absolute Gasteiger partial charge is 0.225 e. The highest BCUT2D eigenvalue weighted by molar-refractivity contribution is 9.10. The fraction of sp³-hybridized carbons (Fsp3) is 0.0909. The van der Waals surface area contributed by atoms with Crippen LogP contribution in [0.25, 0.3) is 0 Å². The number of hydrogen-bond acceptors (Lipinski definition) is 6. The molecule has 0 radical (unpaired) electrons. The zero-order valence-electron chi connectivity index (χ0n) is 9.55. The number of aromatic nitrogens is 2. The van der Waals surface area contributed by atoms with Gasteiger partial charge in [0.1, 0.15) is 11.6 Å². The maximum absolute atomic E-state index is 5.69. The molecule has 0 spiro atoms. The lowest BCUT2D eigenvalue weighted by atomic mass is 10.3. The van der Waals surface area contributed by atoms with Gasteiger partial charge in [-0.05, 0) is 34.3 Å². The molecule has 2 rings (SSSR count). The van der Waals surface area contributed by atoms with E-state index in [9.17, 15) is 0 Å². The van der Waals surface area contributed by atoms with Crippen LogP contribution in [-0.2, 0) is 0 Å². The number of hydrogen-bond donors (Lipinski definition) is 2. The Bertz CT molecular complexity index is 530. The summed E-state index contributed by atoms with van der Waals surface area (Å²) in [5, 5.41) is 0.590. The quantitative estimate of drug-likeness (QED) is 0.389. The predicted molar refractivity (Wildman–Crippen MR) is 75.8 cm³/mol. The van der Waals surface area contributed by atoms with Crippen LogP contribution in [0.2, 0.25) is 0 Å². The Morgan fingerprint density at radius 1 is 1.33 bits per heavy atom. The third-order valence-electron chi connectivity index (χ3n) is 2.06. The molecule has 1 heterocycles. The molecule has 1 aromatic heterocycles. The van der Waals surface area contributed by atoms with Crippen LogP contribution in [0.3, 0.4) is 0 Å². The number of nitrogens with one attached hydrogen (secondary N) is 1. The first-order valence-corrected chi connectivity index (χ1v) is 7.07. The Hall–Kier alpha value is -1.31. The number of thioether (sulfide) groups is 1. The number of halogens is 1. The first-order chi connectivity index (χ1) is 8.72. The Morgan fingerprint density at radius 3 is 2.78 bits per heavy atom. The lowest BCUT2D eigenvalue weighted by Crippen LogP contribution is -2.09. The third-order valence-corrected chi connectivity index (χ3v) is 3.27. The van der Waals surface area contributed by atoms with Crippen molar-refractivity contribution in [3.63, 3.8) is 0 Å². The van der Waals surface area contributed by atoms with Crippen LogP contribution in [0.15, 0.2) is 40.0 Å². The fourth-order valence-corrected chi connectivity index (χ4v) is 2.00. The lowest BCUT2D eigenvalue weighted by molar-refractivity contribution is 0.453. The van der Waals surface area contributed by atoms with Gasteiger partial charge in [0, 0.05) is 6.07 Å². The summed E-state index contributed by atoms with van der Waals surface area (Å²) in [6.07, 6.45) is 1.89. The molecule has 0 aliphatic heterocycles. The molecule has 0 amide bonds. The molecule has 0 fully saturated rings. The Labute approximate surface area is 117 Å². The largest absolute Gasteiger partial charge is 0.438 e. The van der Waals surface area contributed by atoms with Gasteiger partial charge in [-0.3, -0.25) is 0 Å². The minimum Gasteiger partial charge on any atom is -0.438 e. The van der Waals surface area contributed by atoms with Crippen LogP contribution < -0.4 is 16.0 Å². The number of hydrazine groups is 1. The maximum Gasteiger partial charge on any atom is 0.225 e. The summed E-state index contributed by atoms with van der Waals surface area (Å²) in [5.74, 6) is 6.99. The zero-order chi connectivity index (χ0) is 13.0. The molecule has 3 N–H and O–H groups in total. The second kappa shape index (κ2) is 6.03. The van der Waals surface area contributed by atoms with E-state index < -0.39 is 0 Å². The van der Waals surface area contributed by atoms with Gasteiger partial charge >= 0.3 is 0 Å². The second-order valence-electron chi connectivity index (χ2n) is 3.25. The zero-order valence-corrected chi connectivity index (χ0v) is 12.0. The van der Waals surface area contributed by atoms with Crippen molar-refractivity contribution < 1.29 is 4.74 Å². The molecule has 94 valence electrons. The minimum absolute atomic E-state index is 0.439. The van der Waals surface area contributed by atoms with E-state index in [1.165, 1.54) is 11.8 Å². The van der Waals surface area contributed by atoms with Crippen molar-refractivity contribution in [2.45, 2.75) is 5.16 Å². The molecule has 0 aliphatic carbocycles. The molecule has 18 heavy (non-hydrogen) atoms. The number of nitrogens with two attached hydrogens (primary N) is 1. The van der Waals surface area contributed by atoms with Crippen molar-refractivity contribution in [3.05, 3.63) is 34.8 Å². The standard InChI is InChI=1S/C11H11BrN4OS/c1-18-11-14-9(16-13)6-10(15-11)17-8-5-3-2-4-7(8)12/h2-6H,13H2,1H3,(H,14,15,16). The van der Waals surface area contributed by atoms with Crippen LogP contribution in [0, 0.1) is 0 Å².